The van der Waals surface area contributed by atoms with Crippen molar-refractivity contribution in [2.24, 2.45) is 5.92 Å². The molecule has 0 aliphatic rings. The third-order valence-electron chi connectivity index (χ3n) is 2.72. The zero-order valence-corrected chi connectivity index (χ0v) is 11.0. The lowest BCUT2D eigenvalue weighted by Gasteiger charge is -2.13. The zero-order chi connectivity index (χ0) is 14.4. The Kier molecular flexibility index (Phi) is 5.29. The highest BCUT2D eigenvalue weighted by Gasteiger charge is 2.23. The lowest BCUT2D eigenvalue weighted by Crippen LogP contribution is -2.12. The van der Waals surface area contributed by atoms with Gasteiger partial charge in [0, 0.05) is 6.07 Å². The molecule has 0 bridgehead atoms. The standard InChI is InChI=1S/C13H17NO5/c1-3-5-9(2)8-19-12-10(13(15)16)6-4-7-11(12)14(17)18/h4,6-7,9H,3,5,8H2,1-2H3,(H,15,16). The van der Waals surface area contributed by atoms with Gasteiger partial charge in [-0.2, -0.15) is 0 Å². The molecule has 1 rings (SSSR count). The summed E-state index contributed by atoms with van der Waals surface area (Å²) in [6.07, 6.45) is 1.90. The minimum Gasteiger partial charge on any atom is -0.486 e. The molecule has 0 aromatic heterocycles. The van der Waals surface area contributed by atoms with Crippen LogP contribution in [-0.2, 0) is 0 Å². The van der Waals surface area contributed by atoms with Gasteiger partial charge in [0.2, 0.25) is 5.75 Å². The summed E-state index contributed by atoms with van der Waals surface area (Å²) >= 11 is 0. The molecule has 0 aliphatic carbocycles. The van der Waals surface area contributed by atoms with Crippen LogP contribution in [0.5, 0.6) is 5.75 Å². The van der Waals surface area contributed by atoms with Crippen LogP contribution in [-0.4, -0.2) is 22.6 Å². The van der Waals surface area contributed by atoms with Gasteiger partial charge in [0.1, 0.15) is 5.56 Å². The summed E-state index contributed by atoms with van der Waals surface area (Å²) in [5, 5.41) is 19.9. The van der Waals surface area contributed by atoms with Gasteiger partial charge in [-0.15, -0.1) is 0 Å². The number of rotatable bonds is 7. The molecule has 0 spiro atoms. The Hall–Kier alpha value is -2.11. The normalized spacial score (nSPS) is 11.9. The molecule has 6 heteroatoms. The Balaban J connectivity index is 3.01. The van der Waals surface area contributed by atoms with Crippen molar-refractivity contribution in [3.63, 3.8) is 0 Å². The number of hydrogen-bond donors (Lipinski definition) is 1. The first kappa shape index (κ1) is 14.9. The number of nitro benzene ring substituents is 1. The fourth-order valence-corrected chi connectivity index (χ4v) is 1.79. The largest absolute Gasteiger partial charge is 0.486 e. The molecule has 1 aromatic rings. The first-order valence-corrected chi connectivity index (χ1v) is 6.10. The molecule has 6 nitrogen and oxygen atoms in total. The van der Waals surface area contributed by atoms with Crippen molar-refractivity contribution < 1.29 is 19.6 Å². The van der Waals surface area contributed by atoms with Crippen molar-refractivity contribution in [3.8, 4) is 5.75 Å². The second-order valence-electron chi connectivity index (χ2n) is 4.42. The van der Waals surface area contributed by atoms with E-state index in [1.807, 2.05) is 13.8 Å². The molecule has 0 heterocycles. The lowest BCUT2D eigenvalue weighted by molar-refractivity contribution is -0.385. The summed E-state index contributed by atoms with van der Waals surface area (Å²) in [6, 6.07) is 3.88. The summed E-state index contributed by atoms with van der Waals surface area (Å²) in [7, 11) is 0. The number of benzene rings is 1. The Bertz CT molecular complexity index is 440. The Morgan fingerprint density at radius 2 is 2.21 bits per heavy atom. The molecule has 0 saturated carbocycles. The van der Waals surface area contributed by atoms with Crippen LogP contribution >= 0.6 is 0 Å². The van der Waals surface area contributed by atoms with Crippen molar-refractivity contribution in [2.45, 2.75) is 26.7 Å². The molecule has 0 amide bonds. The van der Waals surface area contributed by atoms with E-state index in [0.717, 1.165) is 12.8 Å². The first-order valence-electron chi connectivity index (χ1n) is 6.10. The van der Waals surface area contributed by atoms with Crippen LogP contribution in [0.15, 0.2) is 18.2 Å². The number of aromatic carboxylic acids is 1. The average molecular weight is 267 g/mol. The second kappa shape index (κ2) is 6.72. The number of ether oxygens (including phenoxy) is 1. The first-order chi connectivity index (χ1) is 8.97. The summed E-state index contributed by atoms with van der Waals surface area (Å²) in [5.74, 6) is -1.18. The minimum atomic E-state index is -1.23. The number of carboxylic acid groups (broad SMARTS) is 1. The molecule has 1 aromatic carbocycles. The van der Waals surface area contributed by atoms with Crippen LogP contribution < -0.4 is 4.74 Å². The average Bonchev–Trinajstić information content (AvgIpc) is 2.35. The van der Waals surface area contributed by atoms with Crippen LogP contribution in [0.25, 0.3) is 0 Å². The van der Waals surface area contributed by atoms with E-state index in [-0.39, 0.29) is 29.5 Å². The van der Waals surface area contributed by atoms with Crippen LogP contribution in [0.4, 0.5) is 5.69 Å². The Morgan fingerprint density at radius 3 is 2.74 bits per heavy atom. The SMILES string of the molecule is CCCC(C)COc1c(C(=O)O)cccc1[N+](=O)[O-]. The molecular formula is C13H17NO5. The van der Waals surface area contributed by atoms with Crippen molar-refractivity contribution in [1.82, 2.24) is 0 Å². The highest BCUT2D eigenvalue weighted by atomic mass is 16.6. The fourth-order valence-electron chi connectivity index (χ4n) is 1.79. The topological polar surface area (TPSA) is 89.7 Å². The Labute approximate surface area is 111 Å². The molecule has 19 heavy (non-hydrogen) atoms. The second-order valence-corrected chi connectivity index (χ2v) is 4.42. The monoisotopic (exact) mass is 267 g/mol. The molecule has 0 saturated heterocycles. The maximum Gasteiger partial charge on any atom is 0.339 e. The van der Waals surface area contributed by atoms with E-state index in [9.17, 15) is 14.9 Å². The zero-order valence-electron chi connectivity index (χ0n) is 11.0. The van der Waals surface area contributed by atoms with Crippen LogP contribution in [0.1, 0.15) is 37.0 Å². The predicted octanol–water partition coefficient (Wildman–Crippen LogP) is 3.11. The third kappa shape index (κ3) is 3.94. The van der Waals surface area contributed by atoms with Crippen LogP contribution in [0, 0.1) is 16.0 Å². The van der Waals surface area contributed by atoms with Gasteiger partial charge < -0.3 is 9.84 Å². The van der Waals surface area contributed by atoms with E-state index in [0.29, 0.717) is 0 Å². The van der Waals surface area contributed by atoms with Crippen molar-refractivity contribution in [2.75, 3.05) is 6.61 Å². The van der Waals surface area contributed by atoms with E-state index in [1.165, 1.54) is 18.2 Å². The molecular weight excluding hydrogens is 250 g/mol. The molecule has 1 atom stereocenters. The predicted molar refractivity (Wildman–Crippen MR) is 69.6 cm³/mol. The van der Waals surface area contributed by atoms with E-state index < -0.39 is 10.9 Å². The smallest absolute Gasteiger partial charge is 0.339 e. The number of nitro groups is 1. The minimum absolute atomic E-state index is 0.164. The number of carboxylic acids is 1. The highest BCUT2D eigenvalue weighted by molar-refractivity contribution is 5.92. The lowest BCUT2D eigenvalue weighted by atomic mass is 10.1. The summed E-state index contributed by atoms with van der Waals surface area (Å²) in [4.78, 5) is 21.3. The molecule has 1 N–H and O–H groups in total. The summed E-state index contributed by atoms with van der Waals surface area (Å²) < 4.78 is 5.38. The Morgan fingerprint density at radius 1 is 1.53 bits per heavy atom. The quantitative estimate of drug-likeness (QED) is 0.605. The number of para-hydroxylation sites is 1. The number of nitrogens with zero attached hydrogens (tertiary/aromatic N) is 1. The van der Waals surface area contributed by atoms with Crippen molar-refractivity contribution in [1.29, 1.82) is 0 Å². The van der Waals surface area contributed by atoms with Gasteiger partial charge in [-0.05, 0) is 18.4 Å². The van der Waals surface area contributed by atoms with Gasteiger partial charge in [0.25, 0.3) is 0 Å². The third-order valence-corrected chi connectivity index (χ3v) is 2.72. The summed E-state index contributed by atoms with van der Waals surface area (Å²) in [6.45, 7) is 4.25. The van der Waals surface area contributed by atoms with E-state index in [2.05, 4.69) is 0 Å². The molecule has 104 valence electrons. The summed E-state index contributed by atoms with van der Waals surface area (Å²) in [5.41, 5.74) is -0.499. The molecule has 0 fully saturated rings. The van der Waals surface area contributed by atoms with Gasteiger partial charge in [-0.25, -0.2) is 4.79 Å². The van der Waals surface area contributed by atoms with Crippen LogP contribution in [0.3, 0.4) is 0 Å². The number of hydrogen-bond acceptors (Lipinski definition) is 4. The number of carbonyl (C=O) groups is 1. The van der Waals surface area contributed by atoms with Gasteiger partial charge in [-0.1, -0.05) is 26.3 Å². The maximum atomic E-state index is 11.1. The van der Waals surface area contributed by atoms with Crippen LogP contribution in [0.2, 0.25) is 0 Å². The highest BCUT2D eigenvalue weighted by Crippen LogP contribution is 2.31. The van der Waals surface area contributed by atoms with E-state index in [1.54, 1.807) is 0 Å². The molecule has 0 aliphatic heterocycles. The van der Waals surface area contributed by atoms with Gasteiger partial charge in [-0.3, -0.25) is 10.1 Å². The van der Waals surface area contributed by atoms with Gasteiger partial charge in [0.05, 0.1) is 11.5 Å². The molecule has 0 radical (unpaired) electrons. The fraction of sp³-hybridized carbons (Fsp3) is 0.462. The maximum absolute atomic E-state index is 11.1. The van der Waals surface area contributed by atoms with Crippen molar-refractivity contribution in [3.05, 3.63) is 33.9 Å². The van der Waals surface area contributed by atoms with Gasteiger partial charge in [0.15, 0.2) is 0 Å². The molecule has 1 unspecified atom stereocenters. The van der Waals surface area contributed by atoms with Gasteiger partial charge >= 0.3 is 11.7 Å². The van der Waals surface area contributed by atoms with Crippen molar-refractivity contribution >= 4 is 11.7 Å². The van der Waals surface area contributed by atoms with E-state index in [4.69, 9.17) is 9.84 Å². The van der Waals surface area contributed by atoms with E-state index >= 15 is 0 Å².